The number of hydrogen-bond acceptors (Lipinski definition) is 4. The second kappa shape index (κ2) is 3.99. The summed E-state index contributed by atoms with van der Waals surface area (Å²) in [5, 5.41) is 26.2. The molecule has 0 spiro atoms. The fourth-order valence-corrected chi connectivity index (χ4v) is 1.18. The number of rotatable bonds is 4. The van der Waals surface area contributed by atoms with Crippen LogP contribution in [0.3, 0.4) is 0 Å². The van der Waals surface area contributed by atoms with Gasteiger partial charge in [-0.1, -0.05) is 0 Å². The molecule has 0 saturated heterocycles. The molecule has 0 saturated carbocycles. The third-order valence-electron chi connectivity index (χ3n) is 2.58. The number of hydrogen-bond donors (Lipinski definition) is 3. The van der Waals surface area contributed by atoms with Crippen LogP contribution >= 0.6 is 0 Å². The zero-order chi connectivity index (χ0) is 14.2. The number of aliphatic hydroxyl groups is 1. The monoisotopic (exact) mass is 258 g/mol. The zero-order valence-corrected chi connectivity index (χ0v) is 8.70. The maximum Gasteiger partial charge on any atom is 0.429 e. The molecule has 0 aliphatic carbocycles. The van der Waals surface area contributed by atoms with Crippen molar-refractivity contribution in [3.8, 4) is 0 Å². The summed E-state index contributed by atoms with van der Waals surface area (Å²) in [7, 11) is 0. The number of carboxylic acid groups (broad SMARTS) is 2. The molecule has 0 aliphatic heterocycles. The van der Waals surface area contributed by atoms with Gasteiger partial charge in [-0.3, -0.25) is 9.59 Å². The molecule has 0 bridgehead atoms. The Balaban J connectivity index is 6.21. The molecule has 0 radical (unpaired) electrons. The number of carbonyl (C=O) groups is 3. The lowest BCUT2D eigenvalue weighted by Crippen LogP contribution is -2.67. The Morgan fingerprint density at radius 2 is 1.35 bits per heavy atom. The summed E-state index contributed by atoms with van der Waals surface area (Å²) in [5.41, 5.74) is -8.23. The summed E-state index contributed by atoms with van der Waals surface area (Å²) in [4.78, 5) is 32.3. The van der Waals surface area contributed by atoms with E-state index in [-0.39, 0.29) is 6.92 Å². The summed E-state index contributed by atoms with van der Waals surface area (Å²) in [6.07, 6.45) is -5.82. The van der Waals surface area contributed by atoms with Crippen molar-refractivity contribution < 1.29 is 42.9 Å². The van der Waals surface area contributed by atoms with E-state index < -0.39 is 34.9 Å². The average molecular weight is 258 g/mol. The quantitative estimate of drug-likeness (QED) is 0.614. The van der Waals surface area contributed by atoms with Gasteiger partial charge < -0.3 is 15.3 Å². The van der Waals surface area contributed by atoms with Crippen LogP contribution in [0, 0.1) is 5.41 Å². The standard InChI is InChI=1S/C8H9F3O6/c1-3(12)6(2,4(13)14)7(17,5(15)16)8(9,10)11/h17H,1-2H3,(H,13,14)(H,15,16). The van der Waals surface area contributed by atoms with Gasteiger partial charge in [-0.2, -0.15) is 13.2 Å². The molecule has 2 atom stereocenters. The van der Waals surface area contributed by atoms with Gasteiger partial charge >= 0.3 is 18.1 Å². The molecule has 98 valence electrons. The van der Waals surface area contributed by atoms with Crippen LogP contribution in [0.1, 0.15) is 13.8 Å². The first-order valence-electron chi connectivity index (χ1n) is 4.10. The number of ketones is 1. The van der Waals surface area contributed by atoms with E-state index >= 15 is 0 Å². The van der Waals surface area contributed by atoms with Crippen molar-refractivity contribution in [2.45, 2.75) is 25.6 Å². The van der Waals surface area contributed by atoms with E-state index in [4.69, 9.17) is 15.3 Å². The third-order valence-corrected chi connectivity index (χ3v) is 2.58. The van der Waals surface area contributed by atoms with Crippen LogP contribution in [0.2, 0.25) is 0 Å². The van der Waals surface area contributed by atoms with Crippen molar-refractivity contribution in [3.63, 3.8) is 0 Å². The molecule has 3 N–H and O–H groups in total. The molecule has 9 heteroatoms. The first-order valence-corrected chi connectivity index (χ1v) is 4.10. The van der Waals surface area contributed by atoms with Crippen LogP contribution in [-0.2, 0) is 14.4 Å². The number of Topliss-reactive ketones (excluding diaryl/α,β-unsaturated/α-hetero) is 1. The van der Waals surface area contributed by atoms with Gasteiger partial charge in [0.15, 0.2) is 11.2 Å². The van der Waals surface area contributed by atoms with Crippen molar-refractivity contribution in [2.75, 3.05) is 0 Å². The summed E-state index contributed by atoms with van der Waals surface area (Å²) in [5.74, 6) is -6.87. The minimum absolute atomic E-state index is 0.208. The molecular weight excluding hydrogens is 249 g/mol. The van der Waals surface area contributed by atoms with Gasteiger partial charge in [0.1, 0.15) is 0 Å². The highest BCUT2D eigenvalue weighted by molar-refractivity contribution is 6.07. The van der Waals surface area contributed by atoms with Crippen molar-refractivity contribution in [2.24, 2.45) is 5.41 Å². The van der Waals surface area contributed by atoms with Crippen LogP contribution < -0.4 is 0 Å². The molecule has 17 heavy (non-hydrogen) atoms. The van der Waals surface area contributed by atoms with Crippen molar-refractivity contribution in [3.05, 3.63) is 0 Å². The van der Waals surface area contributed by atoms with Crippen LogP contribution in [0.4, 0.5) is 13.2 Å². The highest BCUT2D eigenvalue weighted by atomic mass is 19.4. The fourth-order valence-electron chi connectivity index (χ4n) is 1.18. The summed E-state index contributed by atoms with van der Waals surface area (Å²) in [6.45, 7) is 0.660. The first-order chi connectivity index (χ1) is 7.33. The predicted octanol–water partition coefficient (Wildman–Crippen LogP) is 0.0443. The largest absolute Gasteiger partial charge is 0.480 e. The Hall–Kier alpha value is -1.64. The Morgan fingerprint density at radius 3 is 1.41 bits per heavy atom. The molecule has 0 amide bonds. The first kappa shape index (κ1) is 15.4. The summed E-state index contributed by atoms with van der Waals surface area (Å²) >= 11 is 0. The minimum Gasteiger partial charge on any atom is -0.480 e. The van der Waals surface area contributed by atoms with Crippen LogP contribution in [-0.4, -0.2) is 44.8 Å². The van der Waals surface area contributed by atoms with Gasteiger partial charge in [0.2, 0.25) is 0 Å². The second-order valence-corrected chi connectivity index (χ2v) is 3.50. The van der Waals surface area contributed by atoms with E-state index in [1.54, 1.807) is 0 Å². The van der Waals surface area contributed by atoms with Crippen LogP contribution in [0.25, 0.3) is 0 Å². The molecule has 0 aromatic rings. The van der Waals surface area contributed by atoms with E-state index in [1.807, 2.05) is 0 Å². The van der Waals surface area contributed by atoms with E-state index in [0.29, 0.717) is 6.92 Å². The average Bonchev–Trinajstić information content (AvgIpc) is 2.12. The van der Waals surface area contributed by atoms with E-state index in [9.17, 15) is 27.6 Å². The predicted molar refractivity (Wildman–Crippen MR) is 45.1 cm³/mol. The third kappa shape index (κ3) is 1.86. The maximum atomic E-state index is 12.5. The molecule has 0 heterocycles. The lowest BCUT2D eigenvalue weighted by molar-refractivity contribution is -0.287. The zero-order valence-electron chi connectivity index (χ0n) is 8.70. The molecule has 0 aromatic heterocycles. The van der Waals surface area contributed by atoms with E-state index in [1.165, 1.54) is 0 Å². The molecular formula is C8H9F3O6. The van der Waals surface area contributed by atoms with Gasteiger partial charge in [0.25, 0.3) is 5.60 Å². The van der Waals surface area contributed by atoms with E-state index in [0.717, 1.165) is 0 Å². The molecule has 0 aliphatic rings. The number of aliphatic carboxylic acids is 2. The Labute approximate surface area is 92.7 Å². The topological polar surface area (TPSA) is 112 Å². The van der Waals surface area contributed by atoms with Crippen molar-refractivity contribution >= 4 is 17.7 Å². The van der Waals surface area contributed by atoms with Crippen molar-refractivity contribution in [1.82, 2.24) is 0 Å². The molecule has 6 nitrogen and oxygen atoms in total. The minimum atomic E-state index is -5.82. The Bertz CT molecular complexity index is 360. The lowest BCUT2D eigenvalue weighted by Gasteiger charge is -2.37. The second-order valence-electron chi connectivity index (χ2n) is 3.50. The molecule has 2 unspecified atom stereocenters. The van der Waals surface area contributed by atoms with Gasteiger partial charge in [-0.25, -0.2) is 4.79 Å². The number of halogens is 3. The van der Waals surface area contributed by atoms with Gasteiger partial charge in [0, 0.05) is 0 Å². The SMILES string of the molecule is CC(=O)C(C)(C(=O)O)C(O)(C(=O)O)C(F)(F)F. The molecule has 0 fully saturated rings. The number of carbonyl (C=O) groups excluding carboxylic acids is 1. The lowest BCUT2D eigenvalue weighted by atomic mass is 9.70. The highest BCUT2D eigenvalue weighted by Crippen LogP contribution is 2.45. The number of alkyl halides is 3. The highest BCUT2D eigenvalue weighted by Gasteiger charge is 2.75. The Kier molecular flexibility index (Phi) is 3.60. The molecule has 0 aromatic carbocycles. The van der Waals surface area contributed by atoms with Gasteiger partial charge in [0.05, 0.1) is 0 Å². The van der Waals surface area contributed by atoms with Crippen LogP contribution in [0.15, 0.2) is 0 Å². The van der Waals surface area contributed by atoms with E-state index in [2.05, 4.69) is 0 Å². The molecule has 0 rings (SSSR count). The normalized spacial score (nSPS) is 18.9. The Morgan fingerprint density at radius 1 is 1.00 bits per heavy atom. The number of carboxylic acids is 2. The maximum absolute atomic E-state index is 12.5. The smallest absolute Gasteiger partial charge is 0.429 e. The van der Waals surface area contributed by atoms with Crippen molar-refractivity contribution in [1.29, 1.82) is 0 Å². The summed E-state index contributed by atoms with van der Waals surface area (Å²) in [6, 6.07) is 0. The fraction of sp³-hybridized carbons (Fsp3) is 0.625. The van der Waals surface area contributed by atoms with Crippen LogP contribution in [0.5, 0.6) is 0 Å². The van der Waals surface area contributed by atoms with Gasteiger partial charge in [-0.05, 0) is 13.8 Å². The van der Waals surface area contributed by atoms with Gasteiger partial charge in [-0.15, -0.1) is 0 Å². The summed E-state index contributed by atoms with van der Waals surface area (Å²) < 4.78 is 37.6.